The van der Waals surface area contributed by atoms with Gasteiger partial charge in [0.25, 0.3) is 0 Å². The van der Waals surface area contributed by atoms with Gasteiger partial charge in [-0.25, -0.2) is 0 Å². The van der Waals surface area contributed by atoms with Crippen LogP contribution in [0.15, 0.2) is 30.3 Å². The van der Waals surface area contributed by atoms with Crippen molar-refractivity contribution in [3.63, 3.8) is 0 Å². The van der Waals surface area contributed by atoms with E-state index in [1.165, 1.54) is 0 Å². The molecule has 0 bridgehead atoms. The first-order valence-corrected chi connectivity index (χ1v) is 7.46. The molecule has 6 heteroatoms. The number of aliphatic hydroxyl groups excluding tert-OH is 2. The number of ether oxygens (including phenoxy) is 4. The fourth-order valence-electron chi connectivity index (χ4n) is 2.87. The van der Waals surface area contributed by atoms with Crippen LogP contribution in [0.2, 0.25) is 0 Å². The number of hydrogen-bond donors (Lipinski definition) is 2. The van der Waals surface area contributed by atoms with Gasteiger partial charge in [-0.3, -0.25) is 0 Å². The summed E-state index contributed by atoms with van der Waals surface area (Å²) in [6, 6.07) is 9.73. The maximum Gasteiger partial charge on any atom is 0.190 e. The predicted molar refractivity (Wildman–Crippen MR) is 76.8 cm³/mol. The topological polar surface area (TPSA) is 77.4 Å². The summed E-state index contributed by atoms with van der Waals surface area (Å²) in [6.45, 7) is 3.58. The van der Waals surface area contributed by atoms with E-state index >= 15 is 0 Å². The second kappa shape index (κ2) is 6.23. The van der Waals surface area contributed by atoms with Crippen molar-refractivity contribution in [2.75, 3.05) is 6.61 Å². The minimum Gasteiger partial charge on any atom is -0.394 e. The zero-order valence-electron chi connectivity index (χ0n) is 12.7. The first-order valence-electron chi connectivity index (χ1n) is 7.46. The normalized spacial score (nSPS) is 34.5. The fraction of sp³-hybridized carbons (Fsp3) is 0.625. The molecule has 22 heavy (non-hydrogen) atoms. The predicted octanol–water partition coefficient (Wildman–Crippen LogP) is 0.801. The van der Waals surface area contributed by atoms with Gasteiger partial charge in [-0.1, -0.05) is 30.3 Å². The molecule has 0 aromatic heterocycles. The highest BCUT2D eigenvalue weighted by atomic mass is 16.8. The molecule has 1 aromatic carbocycles. The van der Waals surface area contributed by atoms with E-state index in [9.17, 15) is 10.2 Å². The van der Waals surface area contributed by atoms with Gasteiger partial charge in [0.05, 0.1) is 13.2 Å². The lowest BCUT2D eigenvalue weighted by Crippen LogP contribution is -2.44. The van der Waals surface area contributed by atoms with Crippen LogP contribution in [-0.4, -0.2) is 53.3 Å². The van der Waals surface area contributed by atoms with Gasteiger partial charge in [-0.2, -0.15) is 0 Å². The van der Waals surface area contributed by atoms with Gasteiger partial charge in [-0.05, 0) is 19.4 Å². The Morgan fingerprint density at radius 2 is 1.95 bits per heavy atom. The van der Waals surface area contributed by atoms with Crippen molar-refractivity contribution in [3.8, 4) is 0 Å². The summed E-state index contributed by atoms with van der Waals surface area (Å²) in [5.41, 5.74) is 1.02. The van der Waals surface area contributed by atoms with Crippen LogP contribution in [0.3, 0.4) is 0 Å². The van der Waals surface area contributed by atoms with Crippen molar-refractivity contribution in [1.82, 2.24) is 0 Å². The largest absolute Gasteiger partial charge is 0.394 e. The molecule has 2 heterocycles. The summed E-state index contributed by atoms with van der Waals surface area (Å²) >= 11 is 0. The number of rotatable bonds is 5. The molecule has 2 N–H and O–H groups in total. The zero-order chi connectivity index (χ0) is 15.7. The minimum atomic E-state index is -1.04. The van der Waals surface area contributed by atoms with Crippen LogP contribution in [-0.2, 0) is 25.6 Å². The molecule has 6 nitrogen and oxygen atoms in total. The Hall–Kier alpha value is -1.02. The Labute approximate surface area is 129 Å². The summed E-state index contributed by atoms with van der Waals surface area (Å²) in [7, 11) is 0. The Bertz CT molecular complexity index is 491. The molecular weight excluding hydrogens is 288 g/mol. The van der Waals surface area contributed by atoms with Crippen molar-refractivity contribution in [2.24, 2.45) is 0 Å². The lowest BCUT2D eigenvalue weighted by atomic mass is 10.1. The third kappa shape index (κ3) is 3.17. The lowest BCUT2D eigenvalue weighted by molar-refractivity contribution is -0.232. The maximum atomic E-state index is 9.94. The SMILES string of the molecule is CC1(C)O[C@@H]2O[C@H]([C@H](O)CO)[C@@H](OCc3ccccc3)[C@@H]2O1. The molecule has 0 saturated carbocycles. The average molecular weight is 310 g/mol. The lowest BCUT2D eigenvalue weighted by Gasteiger charge is -2.28. The van der Waals surface area contributed by atoms with Gasteiger partial charge in [0.2, 0.25) is 0 Å². The van der Waals surface area contributed by atoms with Crippen LogP contribution in [0.25, 0.3) is 0 Å². The third-order valence-electron chi connectivity index (χ3n) is 3.88. The van der Waals surface area contributed by atoms with E-state index in [4.69, 9.17) is 18.9 Å². The van der Waals surface area contributed by atoms with Crippen molar-refractivity contribution in [3.05, 3.63) is 35.9 Å². The van der Waals surface area contributed by atoms with E-state index in [1.54, 1.807) is 13.8 Å². The molecule has 1 aromatic rings. The molecular formula is C16H22O6. The molecule has 0 radical (unpaired) electrons. The molecule has 5 atom stereocenters. The molecule has 0 unspecified atom stereocenters. The third-order valence-corrected chi connectivity index (χ3v) is 3.88. The minimum absolute atomic E-state index is 0.372. The molecule has 2 saturated heterocycles. The van der Waals surface area contributed by atoms with E-state index in [1.807, 2.05) is 30.3 Å². The standard InChI is InChI=1S/C16H22O6/c1-16(2)21-14-13(19-9-10-6-4-3-5-7-10)12(11(18)8-17)20-15(14)22-16/h3-7,11-15,17-18H,8-9H2,1-2H3/t11-,12-,13-,14+,15+/m1/s1. The molecule has 3 rings (SSSR count). The summed E-state index contributed by atoms with van der Waals surface area (Å²) in [5, 5.41) is 19.1. The first kappa shape index (κ1) is 15.9. The fourth-order valence-corrected chi connectivity index (χ4v) is 2.87. The summed E-state index contributed by atoms with van der Waals surface area (Å²) < 4.78 is 23.1. The van der Waals surface area contributed by atoms with E-state index in [0.29, 0.717) is 6.61 Å². The summed E-state index contributed by atoms with van der Waals surface area (Å²) in [6.07, 6.45) is -3.25. The van der Waals surface area contributed by atoms with Crippen LogP contribution in [0.5, 0.6) is 0 Å². The smallest absolute Gasteiger partial charge is 0.190 e. The maximum absolute atomic E-state index is 9.94. The highest BCUT2D eigenvalue weighted by molar-refractivity contribution is 5.13. The molecule has 2 aliphatic heterocycles. The van der Waals surface area contributed by atoms with E-state index in [0.717, 1.165) is 5.56 Å². The molecule has 0 spiro atoms. The van der Waals surface area contributed by atoms with Crippen molar-refractivity contribution < 1.29 is 29.2 Å². The van der Waals surface area contributed by atoms with Gasteiger partial charge in [0.1, 0.15) is 24.4 Å². The van der Waals surface area contributed by atoms with Crippen molar-refractivity contribution in [1.29, 1.82) is 0 Å². The summed E-state index contributed by atoms with van der Waals surface area (Å²) in [4.78, 5) is 0. The summed E-state index contributed by atoms with van der Waals surface area (Å²) in [5.74, 6) is -0.751. The molecule has 122 valence electrons. The Kier molecular flexibility index (Phi) is 4.49. The average Bonchev–Trinajstić information content (AvgIpc) is 2.97. The Morgan fingerprint density at radius 1 is 1.23 bits per heavy atom. The van der Waals surface area contributed by atoms with E-state index in [-0.39, 0.29) is 0 Å². The van der Waals surface area contributed by atoms with Crippen molar-refractivity contribution >= 4 is 0 Å². The zero-order valence-corrected chi connectivity index (χ0v) is 12.7. The highest BCUT2D eigenvalue weighted by Crippen LogP contribution is 2.39. The first-order chi connectivity index (χ1) is 10.5. The number of fused-ring (bicyclic) bond motifs is 1. The van der Waals surface area contributed by atoms with Gasteiger partial charge in [0, 0.05) is 0 Å². The van der Waals surface area contributed by atoms with Gasteiger partial charge >= 0.3 is 0 Å². The van der Waals surface area contributed by atoms with Gasteiger partial charge in [0.15, 0.2) is 12.1 Å². The molecule has 0 amide bonds. The van der Waals surface area contributed by atoms with Crippen LogP contribution >= 0.6 is 0 Å². The monoisotopic (exact) mass is 310 g/mol. The quantitative estimate of drug-likeness (QED) is 0.838. The molecule has 0 aliphatic carbocycles. The Morgan fingerprint density at radius 3 is 2.64 bits per heavy atom. The number of benzene rings is 1. The number of hydrogen-bond acceptors (Lipinski definition) is 6. The van der Waals surface area contributed by atoms with Crippen LogP contribution < -0.4 is 0 Å². The van der Waals surface area contributed by atoms with E-state index < -0.39 is 43.1 Å². The van der Waals surface area contributed by atoms with Crippen molar-refractivity contribution in [2.45, 2.75) is 56.9 Å². The van der Waals surface area contributed by atoms with Gasteiger partial charge < -0.3 is 29.2 Å². The van der Waals surface area contributed by atoms with Crippen LogP contribution in [0, 0.1) is 0 Å². The second-order valence-corrected chi connectivity index (χ2v) is 6.08. The second-order valence-electron chi connectivity index (χ2n) is 6.08. The van der Waals surface area contributed by atoms with Crippen LogP contribution in [0.4, 0.5) is 0 Å². The number of aliphatic hydroxyl groups is 2. The van der Waals surface area contributed by atoms with E-state index in [2.05, 4.69) is 0 Å². The van der Waals surface area contributed by atoms with Crippen LogP contribution in [0.1, 0.15) is 19.4 Å². The Balaban J connectivity index is 1.71. The highest BCUT2D eigenvalue weighted by Gasteiger charge is 2.56. The molecule has 2 fully saturated rings. The molecule has 2 aliphatic rings. The van der Waals surface area contributed by atoms with Gasteiger partial charge in [-0.15, -0.1) is 0 Å².